The molecule has 0 unspecified atom stereocenters. The van der Waals surface area contributed by atoms with Crippen molar-refractivity contribution in [3.63, 3.8) is 0 Å². The predicted octanol–water partition coefficient (Wildman–Crippen LogP) is 8.55. The van der Waals surface area contributed by atoms with Crippen LogP contribution in [0.15, 0.2) is 60.7 Å². The third-order valence-corrected chi connectivity index (χ3v) is 8.93. The second-order valence-electron chi connectivity index (χ2n) is 9.75. The number of rotatable bonds is 7. The molecule has 1 heterocycles. The van der Waals surface area contributed by atoms with Crippen molar-refractivity contribution >= 4 is 44.7 Å². The molecule has 5 rings (SSSR count). The number of benzene rings is 3. The van der Waals surface area contributed by atoms with Crippen molar-refractivity contribution in [2.75, 3.05) is 7.11 Å². The molecule has 4 aromatic rings. The van der Waals surface area contributed by atoms with Crippen LogP contribution in [0.4, 0.5) is 4.39 Å². The van der Waals surface area contributed by atoms with Crippen LogP contribution in [0.3, 0.4) is 0 Å². The number of Topliss-reactive ketones (excluding diaryl/α,β-unsaturated/α-hetero) is 1. The lowest BCUT2D eigenvalue weighted by Gasteiger charge is -2.34. The highest BCUT2D eigenvalue weighted by Gasteiger charge is 2.31. The average molecular weight is 550 g/mol. The number of hydrogen-bond acceptors (Lipinski definition) is 4. The molecule has 3 aromatic carbocycles. The number of nitrogens with zero attached hydrogens (tertiary/aromatic N) is 1. The van der Waals surface area contributed by atoms with E-state index in [1.807, 2.05) is 41.3 Å². The van der Waals surface area contributed by atoms with Crippen molar-refractivity contribution in [2.45, 2.75) is 51.6 Å². The van der Waals surface area contributed by atoms with Gasteiger partial charge in [-0.05, 0) is 61.2 Å². The second-order valence-corrected chi connectivity index (χ2v) is 11.2. The van der Waals surface area contributed by atoms with Gasteiger partial charge in [-0.2, -0.15) is 0 Å². The molecule has 7 heteroatoms. The van der Waals surface area contributed by atoms with E-state index < -0.39 is 5.82 Å². The SMILES string of the molecule is COc1ccc(-c2cccc(C(C)=O)c2)cc1CN(C(=O)c1sc2cccc(F)c2c1Cl)C1CCCCC1. The summed E-state index contributed by atoms with van der Waals surface area (Å²) in [6.07, 6.45) is 5.08. The van der Waals surface area contributed by atoms with Crippen LogP contribution < -0.4 is 4.74 Å². The molecule has 1 aliphatic rings. The Balaban J connectivity index is 1.55. The Labute approximate surface area is 231 Å². The third kappa shape index (κ3) is 5.20. The first kappa shape index (κ1) is 26.4. The Kier molecular flexibility index (Phi) is 7.82. The molecule has 1 saturated carbocycles. The number of carbonyl (C=O) groups is 2. The third-order valence-electron chi connectivity index (χ3n) is 7.30. The first-order valence-corrected chi connectivity index (χ1v) is 14.0. The molecule has 1 amide bonds. The Morgan fingerprint density at radius 1 is 1.03 bits per heavy atom. The number of carbonyl (C=O) groups excluding carboxylic acids is 2. The van der Waals surface area contributed by atoms with Gasteiger partial charge in [0, 0.05) is 33.8 Å². The van der Waals surface area contributed by atoms with E-state index in [-0.39, 0.29) is 22.8 Å². The molecule has 196 valence electrons. The first-order chi connectivity index (χ1) is 18.4. The zero-order chi connectivity index (χ0) is 26.8. The molecule has 0 bridgehead atoms. The lowest BCUT2D eigenvalue weighted by atomic mass is 9.93. The zero-order valence-electron chi connectivity index (χ0n) is 21.4. The van der Waals surface area contributed by atoms with Gasteiger partial charge in [0.2, 0.25) is 0 Å². The summed E-state index contributed by atoms with van der Waals surface area (Å²) in [6.45, 7) is 1.89. The molecule has 0 saturated heterocycles. The topological polar surface area (TPSA) is 46.6 Å². The second kappa shape index (κ2) is 11.3. The summed E-state index contributed by atoms with van der Waals surface area (Å²) in [6, 6.07) is 18.2. The van der Waals surface area contributed by atoms with Gasteiger partial charge in [-0.15, -0.1) is 11.3 Å². The number of amides is 1. The Hall–Kier alpha value is -3.22. The lowest BCUT2D eigenvalue weighted by Crippen LogP contribution is -2.40. The number of ketones is 1. The van der Waals surface area contributed by atoms with E-state index in [9.17, 15) is 14.0 Å². The van der Waals surface area contributed by atoms with Gasteiger partial charge in [0.25, 0.3) is 5.91 Å². The monoisotopic (exact) mass is 549 g/mol. The number of thiophene rings is 1. The molecule has 4 nitrogen and oxygen atoms in total. The molecular formula is C31H29ClFNO3S. The molecule has 0 spiro atoms. The Morgan fingerprint density at radius 3 is 2.47 bits per heavy atom. The van der Waals surface area contributed by atoms with Crippen LogP contribution in [0, 0.1) is 5.82 Å². The van der Waals surface area contributed by atoms with E-state index in [0.29, 0.717) is 32.8 Å². The van der Waals surface area contributed by atoms with Crippen LogP contribution in [0.2, 0.25) is 5.02 Å². The van der Waals surface area contributed by atoms with Crippen LogP contribution in [0.25, 0.3) is 21.2 Å². The molecule has 0 radical (unpaired) electrons. The highest BCUT2D eigenvalue weighted by molar-refractivity contribution is 7.21. The summed E-state index contributed by atoms with van der Waals surface area (Å²) < 4.78 is 20.9. The number of ether oxygens (including phenoxy) is 1. The van der Waals surface area contributed by atoms with Crippen molar-refractivity contribution in [1.82, 2.24) is 4.90 Å². The van der Waals surface area contributed by atoms with Crippen molar-refractivity contribution in [3.8, 4) is 16.9 Å². The molecular weight excluding hydrogens is 521 g/mol. The minimum atomic E-state index is -0.422. The van der Waals surface area contributed by atoms with Crippen molar-refractivity contribution in [2.24, 2.45) is 0 Å². The minimum absolute atomic E-state index is 0.00584. The molecule has 0 N–H and O–H groups in total. The zero-order valence-corrected chi connectivity index (χ0v) is 23.0. The van der Waals surface area contributed by atoms with Crippen molar-refractivity contribution < 1.29 is 18.7 Å². The Morgan fingerprint density at radius 2 is 1.76 bits per heavy atom. The maximum atomic E-state index is 14.6. The Bertz CT molecular complexity index is 1510. The fourth-order valence-electron chi connectivity index (χ4n) is 5.28. The van der Waals surface area contributed by atoms with Crippen molar-refractivity contribution in [1.29, 1.82) is 0 Å². The summed E-state index contributed by atoms with van der Waals surface area (Å²) in [5.41, 5.74) is 3.35. The van der Waals surface area contributed by atoms with Gasteiger partial charge in [0.1, 0.15) is 16.4 Å². The van der Waals surface area contributed by atoms with Crippen LogP contribution in [0.5, 0.6) is 5.75 Å². The number of methoxy groups -OCH3 is 1. The van der Waals surface area contributed by atoms with E-state index in [1.54, 1.807) is 32.2 Å². The fraction of sp³-hybridized carbons (Fsp3) is 0.290. The largest absolute Gasteiger partial charge is 0.496 e. The van der Waals surface area contributed by atoms with E-state index in [0.717, 1.165) is 48.8 Å². The maximum Gasteiger partial charge on any atom is 0.266 e. The van der Waals surface area contributed by atoms with Gasteiger partial charge in [-0.25, -0.2) is 4.39 Å². The summed E-state index contributed by atoms with van der Waals surface area (Å²) in [5, 5.41) is 0.478. The first-order valence-electron chi connectivity index (χ1n) is 12.8. The summed E-state index contributed by atoms with van der Waals surface area (Å²) >= 11 is 7.86. The molecule has 1 aliphatic carbocycles. The van der Waals surface area contributed by atoms with Crippen molar-refractivity contribution in [3.05, 3.63) is 87.5 Å². The molecule has 1 aromatic heterocycles. The van der Waals surface area contributed by atoms with E-state index in [1.165, 1.54) is 17.4 Å². The van der Waals surface area contributed by atoms with E-state index in [2.05, 4.69) is 0 Å². The molecule has 38 heavy (non-hydrogen) atoms. The number of hydrogen-bond donors (Lipinski definition) is 0. The van der Waals surface area contributed by atoms with Gasteiger partial charge in [0.05, 0.1) is 12.1 Å². The standard InChI is InChI=1S/C31H29ClFNO3S/c1-19(35)20-8-6-9-21(16-20)22-14-15-26(37-2)23(17-22)18-34(24-10-4-3-5-11-24)31(36)30-29(32)28-25(33)12-7-13-27(28)38-30/h6-9,12-17,24H,3-5,10-11,18H2,1-2H3. The summed E-state index contributed by atoms with van der Waals surface area (Å²) in [4.78, 5) is 28.3. The lowest BCUT2D eigenvalue weighted by molar-refractivity contribution is 0.0617. The summed E-state index contributed by atoms with van der Waals surface area (Å²) in [5.74, 6) is 0.0765. The minimum Gasteiger partial charge on any atom is -0.496 e. The number of fused-ring (bicyclic) bond motifs is 1. The predicted molar refractivity (Wildman–Crippen MR) is 152 cm³/mol. The van der Waals surface area contributed by atoms with Crippen LogP contribution in [-0.2, 0) is 6.54 Å². The molecule has 0 aliphatic heterocycles. The van der Waals surface area contributed by atoms with Gasteiger partial charge >= 0.3 is 0 Å². The van der Waals surface area contributed by atoms with Gasteiger partial charge in [-0.1, -0.05) is 61.2 Å². The number of halogens is 2. The smallest absolute Gasteiger partial charge is 0.266 e. The maximum absolute atomic E-state index is 14.6. The quantitative estimate of drug-likeness (QED) is 0.217. The highest BCUT2D eigenvalue weighted by Crippen LogP contribution is 2.39. The van der Waals surface area contributed by atoms with Crippen LogP contribution in [0.1, 0.15) is 64.6 Å². The highest BCUT2D eigenvalue weighted by atomic mass is 35.5. The molecule has 1 fully saturated rings. The van der Waals surface area contributed by atoms with Gasteiger partial charge in [-0.3, -0.25) is 9.59 Å². The molecule has 0 atom stereocenters. The van der Waals surface area contributed by atoms with Crippen LogP contribution >= 0.6 is 22.9 Å². The van der Waals surface area contributed by atoms with Gasteiger partial charge < -0.3 is 9.64 Å². The summed E-state index contributed by atoms with van der Waals surface area (Å²) in [7, 11) is 1.62. The van der Waals surface area contributed by atoms with E-state index >= 15 is 0 Å². The fourth-order valence-corrected chi connectivity index (χ4v) is 6.79. The van der Waals surface area contributed by atoms with E-state index in [4.69, 9.17) is 16.3 Å². The van der Waals surface area contributed by atoms with Crippen LogP contribution in [-0.4, -0.2) is 29.7 Å². The normalized spacial score (nSPS) is 14.0. The van der Waals surface area contributed by atoms with Gasteiger partial charge in [0.15, 0.2) is 5.78 Å². The average Bonchev–Trinajstić information content (AvgIpc) is 3.29.